The molecule has 1 aromatic heterocycles. The van der Waals surface area contributed by atoms with Gasteiger partial charge in [-0.2, -0.15) is 0 Å². The van der Waals surface area contributed by atoms with E-state index in [2.05, 4.69) is 31.2 Å². The molecule has 3 aromatic rings. The fourth-order valence-electron chi connectivity index (χ4n) is 2.18. The average molecular weight is 301 g/mol. The van der Waals surface area contributed by atoms with E-state index in [4.69, 9.17) is 11.6 Å². The van der Waals surface area contributed by atoms with Crippen LogP contribution in [0.2, 0.25) is 5.02 Å². The van der Waals surface area contributed by atoms with Crippen molar-refractivity contribution < 1.29 is 0 Å². The van der Waals surface area contributed by atoms with Gasteiger partial charge in [0, 0.05) is 26.1 Å². The molecular weight excluding hydrogens is 288 g/mol. The van der Waals surface area contributed by atoms with Crippen LogP contribution in [0.5, 0.6) is 0 Å². The number of aryl methyl sites for hydroxylation is 1. The molecular formula is C17H13ClOS. The molecule has 1 nitrogen and oxygen atoms in total. The van der Waals surface area contributed by atoms with E-state index in [1.165, 1.54) is 5.56 Å². The maximum absolute atomic E-state index is 12.2. The van der Waals surface area contributed by atoms with E-state index < -0.39 is 0 Å². The first kappa shape index (κ1) is 13.3. The Morgan fingerprint density at radius 1 is 1.05 bits per heavy atom. The van der Waals surface area contributed by atoms with E-state index in [1.807, 2.05) is 12.1 Å². The topological polar surface area (TPSA) is 17.1 Å². The van der Waals surface area contributed by atoms with Crippen LogP contribution in [-0.4, -0.2) is 0 Å². The van der Waals surface area contributed by atoms with Crippen molar-refractivity contribution in [2.45, 2.75) is 13.3 Å². The van der Waals surface area contributed by atoms with Crippen LogP contribution in [0.15, 0.2) is 53.3 Å². The normalized spacial score (nSPS) is 10.9. The Morgan fingerprint density at radius 3 is 2.50 bits per heavy atom. The minimum atomic E-state index is 0.0239. The molecule has 0 unspecified atom stereocenters. The van der Waals surface area contributed by atoms with Crippen molar-refractivity contribution in [3.05, 3.63) is 69.3 Å². The Balaban J connectivity index is 2.16. The molecule has 1 heterocycles. The third kappa shape index (κ3) is 2.49. The number of hydrogen-bond donors (Lipinski definition) is 0. The maximum Gasteiger partial charge on any atom is 0.188 e. The maximum atomic E-state index is 12.2. The zero-order valence-corrected chi connectivity index (χ0v) is 12.6. The molecule has 3 rings (SSSR count). The van der Waals surface area contributed by atoms with E-state index in [0.29, 0.717) is 10.4 Å². The van der Waals surface area contributed by atoms with Gasteiger partial charge < -0.3 is 0 Å². The zero-order chi connectivity index (χ0) is 14.1. The largest absolute Gasteiger partial charge is 0.289 e. The van der Waals surface area contributed by atoms with Crippen LogP contribution in [0.3, 0.4) is 0 Å². The zero-order valence-electron chi connectivity index (χ0n) is 11.0. The van der Waals surface area contributed by atoms with E-state index in [-0.39, 0.29) is 5.43 Å². The first-order valence-corrected chi connectivity index (χ1v) is 7.69. The summed E-state index contributed by atoms with van der Waals surface area (Å²) in [4.78, 5) is 13.2. The molecule has 0 saturated heterocycles. The van der Waals surface area contributed by atoms with Crippen molar-refractivity contribution in [2.75, 3.05) is 0 Å². The Labute approximate surface area is 126 Å². The van der Waals surface area contributed by atoms with Crippen molar-refractivity contribution in [2.24, 2.45) is 0 Å². The molecule has 0 N–H and O–H groups in total. The first-order chi connectivity index (χ1) is 9.67. The van der Waals surface area contributed by atoms with E-state index >= 15 is 0 Å². The summed E-state index contributed by atoms with van der Waals surface area (Å²) in [5, 5.41) is 1.29. The van der Waals surface area contributed by atoms with Crippen LogP contribution in [0.4, 0.5) is 0 Å². The molecule has 0 aliphatic carbocycles. The molecule has 2 aromatic carbocycles. The monoisotopic (exact) mass is 300 g/mol. The highest BCUT2D eigenvalue weighted by Gasteiger charge is 2.05. The highest BCUT2D eigenvalue weighted by atomic mass is 35.5. The van der Waals surface area contributed by atoms with Crippen molar-refractivity contribution in [1.29, 1.82) is 0 Å². The second kappa shape index (κ2) is 5.39. The molecule has 0 radical (unpaired) electrons. The quantitative estimate of drug-likeness (QED) is 0.640. The van der Waals surface area contributed by atoms with Gasteiger partial charge in [-0.25, -0.2) is 0 Å². The fourth-order valence-corrected chi connectivity index (χ4v) is 3.41. The van der Waals surface area contributed by atoms with Gasteiger partial charge in [0.1, 0.15) is 0 Å². The Bertz CT molecular complexity index is 819. The van der Waals surface area contributed by atoms with Crippen LogP contribution in [0.25, 0.3) is 20.5 Å². The Kier molecular flexibility index (Phi) is 3.60. The van der Waals surface area contributed by atoms with Gasteiger partial charge in [-0.15, -0.1) is 11.3 Å². The van der Waals surface area contributed by atoms with Crippen LogP contribution in [0.1, 0.15) is 12.5 Å². The van der Waals surface area contributed by atoms with Gasteiger partial charge in [0.2, 0.25) is 0 Å². The van der Waals surface area contributed by atoms with E-state index in [1.54, 1.807) is 23.5 Å². The SMILES string of the molecule is CCc1ccc(-c2cc(=O)c3cc(Cl)ccc3s2)cc1. The number of rotatable bonds is 2. The van der Waals surface area contributed by atoms with Gasteiger partial charge in [0.25, 0.3) is 0 Å². The molecule has 0 aliphatic rings. The molecule has 20 heavy (non-hydrogen) atoms. The predicted molar refractivity (Wildman–Crippen MR) is 87.9 cm³/mol. The van der Waals surface area contributed by atoms with Crippen LogP contribution >= 0.6 is 22.9 Å². The van der Waals surface area contributed by atoms with Crippen LogP contribution in [0, 0.1) is 0 Å². The summed E-state index contributed by atoms with van der Waals surface area (Å²) in [6, 6.07) is 15.5. The summed E-state index contributed by atoms with van der Waals surface area (Å²) in [7, 11) is 0. The minimum Gasteiger partial charge on any atom is -0.289 e. The molecule has 0 aliphatic heterocycles. The van der Waals surface area contributed by atoms with Crippen molar-refractivity contribution >= 4 is 33.0 Å². The summed E-state index contributed by atoms with van der Waals surface area (Å²) in [6.45, 7) is 2.13. The molecule has 0 spiro atoms. The smallest absolute Gasteiger partial charge is 0.188 e. The van der Waals surface area contributed by atoms with Crippen LogP contribution < -0.4 is 5.43 Å². The second-order valence-electron chi connectivity index (χ2n) is 4.67. The molecule has 0 bridgehead atoms. The lowest BCUT2D eigenvalue weighted by atomic mass is 10.1. The number of hydrogen-bond acceptors (Lipinski definition) is 2. The van der Waals surface area contributed by atoms with Gasteiger partial charge in [-0.05, 0) is 35.7 Å². The van der Waals surface area contributed by atoms with Crippen molar-refractivity contribution in [3.63, 3.8) is 0 Å². The summed E-state index contributed by atoms with van der Waals surface area (Å²) >= 11 is 7.56. The second-order valence-corrected chi connectivity index (χ2v) is 6.19. The van der Waals surface area contributed by atoms with Gasteiger partial charge in [-0.1, -0.05) is 42.8 Å². The molecule has 0 atom stereocenters. The standard InChI is InChI=1S/C17H13ClOS/c1-2-11-3-5-12(6-4-11)17-10-15(19)14-9-13(18)7-8-16(14)20-17/h3-10H,2H2,1H3. The number of halogens is 1. The Morgan fingerprint density at radius 2 is 1.80 bits per heavy atom. The van der Waals surface area contributed by atoms with Gasteiger partial charge >= 0.3 is 0 Å². The van der Waals surface area contributed by atoms with Crippen LogP contribution in [-0.2, 0) is 6.42 Å². The van der Waals surface area contributed by atoms with Crippen molar-refractivity contribution in [1.82, 2.24) is 0 Å². The van der Waals surface area contributed by atoms with Gasteiger partial charge in [-0.3, -0.25) is 4.79 Å². The summed E-state index contributed by atoms with van der Waals surface area (Å²) in [5.41, 5.74) is 2.41. The molecule has 100 valence electrons. The molecule has 0 fully saturated rings. The predicted octanol–water partition coefficient (Wildman–Crippen LogP) is 5.14. The lowest BCUT2D eigenvalue weighted by Crippen LogP contribution is -1.98. The summed E-state index contributed by atoms with van der Waals surface area (Å²) < 4.78 is 0.969. The van der Waals surface area contributed by atoms with E-state index in [9.17, 15) is 4.79 Å². The summed E-state index contributed by atoms with van der Waals surface area (Å²) in [6.07, 6.45) is 1.02. The van der Waals surface area contributed by atoms with Gasteiger partial charge in [0.05, 0.1) is 0 Å². The lowest BCUT2D eigenvalue weighted by Gasteiger charge is -2.04. The highest BCUT2D eigenvalue weighted by Crippen LogP contribution is 2.29. The Hall–Kier alpha value is -1.64. The van der Waals surface area contributed by atoms with Crippen molar-refractivity contribution in [3.8, 4) is 10.4 Å². The highest BCUT2D eigenvalue weighted by molar-refractivity contribution is 7.21. The molecule has 0 amide bonds. The lowest BCUT2D eigenvalue weighted by molar-refractivity contribution is 1.14. The van der Waals surface area contributed by atoms with E-state index in [0.717, 1.165) is 21.6 Å². The summed E-state index contributed by atoms with van der Waals surface area (Å²) in [5.74, 6) is 0. The molecule has 0 saturated carbocycles. The molecule has 3 heteroatoms. The third-order valence-corrected chi connectivity index (χ3v) is 4.72. The fraction of sp³-hybridized carbons (Fsp3) is 0.118. The average Bonchev–Trinajstić information content (AvgIpc) is 2.48. The first-order valence-electron chi connectivity index (χ1n) is 6.50. The number of benzene rings is 2. The minimum absolute atomic E-state index is 0.0239. The number of fused-ring (bicyclic) bond motifs is 1. The third-order valence-electron chi connectivity index (χ3n) is 3.34. The van der Waals surface area contributed by atoms with Gasteiger partial charge in [0.15, 0.2) is 5.43 Å².